The second kappa shape index (κ2) is 8.94. The number of anilines is 3. The number of methoxy groups -OCH3 is 1. The number of aromatic nitrogens is 2. The van der Waals surface area contributed by atoms with Gasteiger partial charge in [0.15, 0.2) is 11.6 Å². The van der Waals surface area contributed by atoms with Crippen molar-refractivity contribution in [1.82, 2.24) is 9.97 Å². The smallest absolute Gasteiger partial charge is 0.416 e. The van der Waals surface area contributed by atoms with Crippen LogP contribution in [0, 0.1) is 5.82 Å². The van der Waals surface area contributed by atoms with Crippen molar-refractivity contribution >= 4 is 17.5 Å². The van der Waals surface area contributed by atoms with E-state index in [1.165, 1.54) is 13.2 Å². The average Bonchev–Trinajstić information content (AvgIpc) is 2.74. The number of nitrogens with zero attached hydrogens (tertiary/aromatic N) is 2. The largest absolute Gasteiger partial charge is 0.516 e. The lowest BCUT2D eigenvalue weighted by Crippen LogP contribution is -2.11. The summed E-state index contributed by atoms with van der Waals surface area (Å²) in [4.78, 5) is 7.80. The van der Waals surface area contributed by atoms with E-state index in [1.807, 2.05) is 0 Å². The van der Waals surface area contributed by atoms with Gasteiger partial charge in [0, 0.05) is 30.3 Å². The van der Waals surface area contributed by atoms with Gasteiger partial charge in [-0.1, -0.05) is 0 Å². The first-order valence-electron chi connectivity index (χ1n) is 8.90. The molecule has 0 unspecified atom stereocenters. The van der Waals surface area contributed by atoms with Gasteiger partial charge in [-0.05, 0) is 29.4 Å². The van der Waals surface area contributed by atoms with E-state index in [0.29, 0.717) is 29.7 Å². The molecule has 3 rings (SSSR count). The molecule has 0 aliphatic heterocycles. The molecule has 1 heterocycles. The minimum absolute atomic E-state index is 0.0365. The predicted molar refractivity (Wildman–Crippen MR) is 106 cm³/mol. The fourth-order valence-corrected chi connectivity index (χ4v) is 2.90. The van der Waals surface area contributed by atoms with Crippen LogP contribution in [0.15, 0.2) is 59.8 Å². The number of hydrogen-bond acceptors (Lipinski definition) is 7. The number of aliphatic hydroxyl groups excluding tert-OH is 2. The van der Waals surface area contributed by atoms with Gasteiger partial charge in [0.25, 0.3) is 0 Å². The molecule has 4 N–H and O–H groups in total. The molecular formula is C20H18F4N4O3. The Morgan fingerprint density at radius 3 is 2.52 bits per heavy atom. The van der Waals surface area contributed by atoms with Crippen molar-refractivity contribution in [2.75, 3.05) is 17.7 Å². The Hall–Kier alpha value is -3.76. The maximum Gasteiger partial charge on any atom is 0.416 e. The predicted octanol–water partition coefficient (Wildman–Crippen LogP) is 5.36. The Kier molecular flexibility index (Phi) is 6.33. The van der Waals surface area contributed by atoms with E-state index in [9.17, 15) is 27.8 Å². The summed E-state index contributed by atoms with van der Waals surface area (Å²) in [7, 11) is 1.22. The van der Waals surface area contributed by atoms with Crippen LogP contribution in [-0.2, 0) is 6.18 Å². The molecule has 164 valence electrons. The van der Waals surface area contributed by atoms with Crippen LogP contribution in [0.1, 0.15) is 18.4 Å². The molecule has 0 bridgehead atoms. The molecule has 7 nitrogen and oxygen atoms in total. The maximum absolute atomic E-state index is 14.2. The van der Waals surface area contributed by atoms with Crippen LogP contribution >= 0.6 is 0 Å². The van der Waals surface area contributed by atoms with Crippen molar-refractivity contribution in [2.24, 2.45) is 0 Å². The molecule has 0 amide bonds. The number of aliphatic hydroxyl groups is 2. The lowest BCUT2D eigenvalue weighted by Gasteiger charge is -2.18. The molecule has 1 aromatic carbocycles. The number of ether oxygens (including phenoxy) is 1. The first kappa shape index (κ1) is 21.9. The lowest BCUT2D eigenvalue weighted by atomic mass is 9.96. The normalized spacial score (nSPS) is 16.9. The first-order valence-corrected chi connectivity index (χ1v) is 8.90. The number of halogens is 4. The molecule has 0 atom stereocenters. The van der Waals surface area contributed by atoms with E-state index >= 15 is 0 Å². The highest BCUT2D eigenvalue weighted by Gasteiger charge is 2.31. The molecule has 0 spiro atoms. The third kappa shape index (κ3) is 5.44. The summed E-state index contributed by atoms with van der Waals surface area (Å²) in [5.74, 6) is -1.34. The van der Waals surface area contributed by atoms with Gasteiger partial charge >= 0.3 is 6.18 Å². The topological polar surface area (TPSA) is 99.5 Å². The number of benzene rings is 1. The molecule has 31 heavy (non-hydrogen) atoms. The molecule has 11 heteroatoms. The molecule has 0 saturated carbocycles. The van der Waals surface area contributed by atoms with Crippen molar-refractivity contribution in [3.05, 3.63) is 71.2 Å². The number of allylic oxidation sites excluding steroid dienone is 3. The van der Waals surface area contributed by atoms with E-state index < -0.39 is 17.6 Å². The summed E-state index contributed by atoms with van der Waals surface area (Å²) in [6.07, 6.45) is 0.337. The molecule has 1 aromatic heterocycles. The lowest BCUT2D eigenvalue weighted by molar-refractivity contribution is -0.137. The Morgan fingerprint density at radius 1 is 1.10 bits per heavy atom. The molecule has 0 saturated heterocycles. The van der Waals surface area contributed by atoms with Crippen molar-refractivity contribution in [2.45, 2.75) is 19.0 Å². The fourth-order valence-electron chi connectivity index (χ4n) is 2.90. The van der Waals surface area contributed by atoms with Gasteiger partial charge in [0.1, 0.15) is 5.75 Å². The Morgan fingerprint density at radius 2 is 1.87 bits per heavy atom. The van der Waals surface area contributed by atoms with Gasteiger partial charge in [-0.3, -0.25) is 0 Å². The molecule has 0 fully saturated rings. The minimum atomic E-state index is -4.62. The summed E-state index contributed by atoms with van der Waals surface area (Å²) in [5, 5.41) is 23.8. The van der Waals surface area contributed by atoms with Crippen LogP contribution < -0.4 is 15.4 Å². The van der Waals surface area contributed by atoms with Crippen LogP contribution in [0.3, 0.4) is 0 Å². The second-order valence-corrected chi connectivity index (χ2v) is 6.60. The molecule has 2 aromatic rings. The molecule has 0 radical (unpaired) electrons. The second-order valence-electron chi connectivity index (χ2n) is 6.60. The van der Waals surface area contributed by atoms with Crippen molar-refractivity contribution < 1.29 is 32.5 Å². The van der Waals surface area contributed by atoms with Crippen LogP contribution in [0.2, 0.25) is 0 Å². The summed E-state index contributed by atoms with van der Waals surface area (Å²) < 4.78 is 58.4. The number of hydrogen-bond donors (Lipinski definition) is 4. The average molecular weight is 438 g/mol. The van der Waals surface area contributed by atoms with Gasteiger partial charge in [0.2, 0.25) is 5.95 Å². The molecule has 1 aliphatic carbocycles. The van der Waals surface area contributed by atoms with E-state index in [4.69, 9.17) is 4.74 Å². The van der Waals surface area contributed by atoms with Crippen molar-refractivity contribution in [3.63, 3.8) is 0 Å². The van der Waals surface area contributed by atoms with Gasteiger partial charge in [-0.2, -0.15) is 18.2 Å². The van der Waals surface area contributed by atoms with Gasteiger partial charge < -0.3 is 25.6 Å². The zero-order valence-electron chi connectivity index (χ0n) is 16.2. The SMILES string of the molecule is COc1cc(Nc2nc(NC3=CC(=CO)CC(=CO)C3)ncc2F)cc(C(F)(F)F)c1. The quantitative estimate of drug-likeness (QED) is 0.368. The van der Waals surface area contributed by atoms with Crippen LogP contribution in [0.25, 0.3) is 0 Å². The van der Waals surface area contributed by atoms with Crippen molar-refractivity contribution in [1.29, 1.82) is 0 Å². The highest BCUT2D eigenvalue weighted by molar-refractivity contribution is 5.61. The van der Waals surface area contributed by atoms with E-state index in [-0.39, 0.29) is 23.2 Å². The fraction of sp³-hybridized carbons (Fsp3) is 0.200. The summed E-state index contributed by atoms with van der Waals surface area (Å²) >= 11 is 0. The van der Waals surface area contributed by atoms with Gasteiger partial charge in [0.05, 0.1) is 31.4 Å². The summed E-state index contributed by atoms with van der Waals surface area (Å²) in [6.45, 7) is 0. The van der Waals surface area contributed by atoms with E-state index in [0.717, 1.165) is 30.9 Å². The number of alkyl halides is 3. The number of rotatable bonds is 5. The van der Waals surface area contributed by atoms with Crippen LogP contribution in [-0.4, -0.2) is 27.3 Å². The Labute approximate surface area is 174 Å². The maximum atomic E-state index is 14.2. The van der Waals surface area contributed by atoms with Gasteiger partial charge in [-0.15, -0.1) is 0 Å². The summed E-state index contributed by atoms with van der Waals surface area (Å²) in [6, 6.07) is 2.89. The van der Waals surface area contributed by atoms with Crippen LogP contribution in [0.4, 0.5) is 35.0 Å². The first-order chi connectivity index (χ1) is 14.7. The zero-order chi connectivity index (χ0) is 22.6. The number of nitrogens with one attached hydrogen (secondary N) is 2. The standard InChI is InChI=1S/C20H18F4N4O3/c1-31-16-6-13(20(22,23)24)5-15(7-16)26-18-17(21)8-25-19(28-18)27-14-3-11(9-29)2-12(4-14)10-30/h3,5-10,29-30H,2,4H2,1H3,(H2,25,26,27,28). The van der Waals surface area contributed by atoms with Crippen LogP contribution in [0.5, 0.6) is 5.75 Å². The highest BCUT2D eigenvalue weighted by Crippen LogP contribution is 2.35. The van der Waals surface area contributed by atoms with Gasteiger partial charge in [-0.25, -0.2) is 9.37 Å². The minimum Gasteiger partial charge on any atom is -0.516 e. The van der Waals surface area contributed by atoms with E-state index in [1.54, 1.807) is 6.08 Å². The third-order valence-corrected chi connectivity index (χ3v) is 4.31. The molecular weight excluding hydrogens is 420 g/mol. The third-order valence-electron chi connectivity index (χ3n) is 4.31. The Bertz CT molecular complexity index is 1060. The monoisotopic (exact) mass is 438 g/mol. The van der Waals surface area contributed by atoms with Crippen molar-refractivity contribution in [3.8, 4) is 5.75 Å². The molecule has 1 aliphatic rings. The van der Waals surface area contributed by atoms with E-state index in [2.05, 4.69) is 20.6 Å². The summed E-state index contributed by atoms with van der Waals surface area (Å²) in [5.41, 5.74) is 0.599. The highest BCUT2D eigenvalue weighted by atomic mass is 19.4. The Balaban J connectivity index is 1.88. The zero-order valence-corrected chi connectivity index (χ0v) is 16.2.